The molecular weight excluding hydrogens is 328 g/mol. The number of benzene rings is 1. The summed E-state index contributed by atoms with van der Waals surface area (Å²) >= 11 is 0. The van der Waals surface area contributed by atoms with Crippen molar-refractivity contribution in [1.29, 1.82) is 5.26 Å². The number of carbonyl (C=O) groups is 1. The Labute approximate surface area is 150 Å². The average molecular weight is 344 g/mol. The van der Waals surface area contributed by atoms with Gasteiger partial charge in [-0.3, -0.25) is 4.79 Å². The maximum atomic E-state index is 12.5. The van der Waals surface area contributed by atoms with Crippen molar-refractivity contribution in [2.24, 2.45) is 0 Å². The molecule has 3 aromatic rings. The van der Waals surface area contributed by atoms with Gasteiger partial charge in [-0.25, -0.2) is 9.50 Å². The Bertz CT molecular complexity index is 995. The van der Waals surface area contributed by atoms with Crippen molar-refractivity contribution in [2.75, 3.05) is 13.1 Å². The van der Waals surface area contributed by atoms with Crippen LogP contribution in [0.2, 0.25) is 0 Å². The predicted octanol–water partition coefficient (Wildman–Crippen LogP) is 1.85. The van der Waals surface area contributed by atoms with Gasteiger partial charge in [0.1, 0.15) is 0 Å². The molecule has 0 radical (unpaired) electrons. The molecule has 1 aliphatic heterocycles. The maximum absolute atomic E-state index is 12.5. The van der Waals surface area contributed by atoms with Gasteiger partial charge in [-0.1, -0.05) is 18.2 Å². The van der Waals surface area contributed by atoms with Gasteiger partial charge in [0.25, 0.3) is 5.78 Å². The first-order valence-corrected chi connectivity index (χ1v) is 8.36. The molecule has 0 aliphatic carbocycles. The van der Waals surface area contributed by atoms with E-state index in [1.165, 1.54) is 5.57 Å². The molecule has 0 bridgehead atoms. The summed E-state index contributed by atoms with van der Waals surface area (Å²) in [6, 6.07) is 11.4. The summed E-state index contributed by atoms with van der Waals surface area (Å²) in [4.78, 5) is 22.7. The standard InChI is InChI=1S/C19H16N6O/c20-13-14-2-4-15(5-3-14)16-6-10-24(11-7-16)18(26)12-17-22-19-21-8-1-9-25(19)23-17/h1-6,8-9H,7,10-12H2. The van der Waals surface area contributed by atoms with Gasteiger partial charge in [0, 0.05) is 25.5 Å². The number of fused-ring (bicyclic) bond motifs is 1. The fourth-order valence-corrected chi connectivity index (χ4v) is 3.01. The fraction of sp³-hybridized carbons (Fsp3) is 0.211. The van der Waals surface area contributed by atoms with Gasteiger partial charge in [0.15, 0.2) is 5.82 Å². The molecule has 0 N–H and O–H groups in total. The summed E-state index contributed by atoms with van der Waals surface area (Å²) in [6.45, 7) is 1.23. The zero-order chi connectivity index (χ0) is 17.9. The number of hydrogen-bond acceptors (Lipinski definition) is 5. The molecule has 7 heteroatoms. The number of aromatic nitrogens is 4. The molecule has 1 aromatic carbocycles. The van der Waals surface area contributed by atoms with Crippen LogP contribution in [0.1, 0.15) is 23.4 Å². The first-order chi connectivity index (χ1) is 12.7. The highest BCUT2D eigenvalue weighted by Gasteiger charge is 2.20. The van der Waals surface area contributed by atoms with E-state index in [0.717, 1.165) is 12.0 Å². The Kier molecular flexibility index (Phi) is 4.15. The molecule has 7 nitrogen and oxygen atoms in total. The lowest BCUT2D eigenvalue weighted by Gasteiger charge is -2.26. The summed E-state index contributed by atoms with van der Waals surface area (Å²) in [6.07, 6.45) is 6.44. The topological polar surface area (TPSA) is 87.2 Å². The van der Waals surface area contributed by atoms with Crippen LogP contribution in [-0.4, -0.2) is 43.5 Å². The molecule has 4 rings (SSSR count). The molecule has 128 valence electrons. The van der Waals surface area contributed by atoms with Crippen LogP contribution >= 0.6 is 0 Å². The molecular formula is C19H16N6O. The summed E-state index contributed by atoms with van der Waals surface area (Å²) in [5.41, 5.74) is 2.95. The molecule has 0 spiro atoms. The molecule has 0 atom stereocenters. The number of rotatable bonds is 3. The van der Waals surface area contributed by atoms with Crippen LogP contribution < -0.4 is 0 Å². The van der Waals surface area contributed by atoms with E-state index in [1.54, 1.807) is 23.0 Å². The molecule has 0 saturated carbocycles. The number of hydrogen-bond donors (Lipinski definition) is 0. The zero-order valence-corrected chi connectivity index (χ0v) is 14.0. The van der Waals surface area contributed by atoms with Gasteiger partial charge in [0.2, 0.25) is 5.91 Å². The third kappa shape index (κ3) is 3.17. The summed E-state index contributed by atoms with van der Waals surface area (Å²) < 4.78 is 1.57. The lowest BCUT2D eigenvalue weighted by atomic mass is 9.98. The second kappa shape index (κ2) is 6.76. The SMILES string of the molecule is N#Cc1ccc(C2=CCN(C(=O)Cc3nc4ncccn4n3)CC2)cc1. The summed E-state index contributed by atoms with van der Waals surface area (Å²) in [7, 11) is 0. The van der Waals surface area contributed by atoms with Gasteiger partial charge in [-0.15, -0.1) is 5.10 Å². The molecule has 1 aliphatic rings. The smallest absolute Gasteiger partial charge is 0.252 e. The molecule has 0 fully saturated rings. The minimum atomic E-state index is 0.0102. The number of carbonyl (C=O) groups excluding carboxylic acids is 1. The number of nitrogens with zero attached hydrogens (tertiary/aromatic N) is 6. The van der Waals surface area contributed by atoms with E-state index in [4.69, 9.17) is 5.26 Å². The molecule has 1 amide bonds. The Morgan fingerprint density at radius 1 is 1.27 bits per heavy atom. The van der Waals surface area contributed by atoms with Crippen LogP contribution in [0, 0.1) is 11.3 Å². The quantitative estimate of drug-likeness (QED) is 0.724. The van der Waals surface area contributed by atoms with Crippen molar-refractivity contribution in [1.82, 2.24) is 24.5 Å². The highest BCUT2D eigenvalue weighted by Crippen LogP contribution is 2.23. The second-order valence-electron chi connectivity index (χ2n) is 6.08. The zero-order valence-electron chi connectivity index (χ0n) is 14.0. The van der Waals surface area contributed by atoms with Gasteiger partial charge in [-0.2, -0.15) is 10.2 Å². The predicted molar refractivity (Wildman–Crippen MR) is 94.8 cm³/mol. The Morgan fingerprint density at radius 3 is 2.81 bits per heavy atom. The third-order valence-electron chi connectivity index (χ3n) is 4.42. The minimum absolute atomic E-state index is 0.0102. The lowest BCUT2D eigenvalue weighted by molar-refractivity contribution is -0.130. The average Bonchev–Trinajstić information content (AvgIpc) is 3.10. The van der Waals surface area contributed by atoms with Gasteiger partial charge in [-0.05, 0) is 35.8 Å². The van der Waals surface area contributed by atoms with E-state index in [0.29, 0.717) is 30.3 Å². The first-order valence-electron chi connectivity index (χ1n) is 8.36. The summed E-state index contributed by atoms with van der Waals surface area (Å²) in [5, 5.41) is 13.2. The molecule has 26 heavy (non-hydrogen) atoms. The van der Waals surface area contributed by atoms with E-state index in [1.807, 2.05) is 29.2 Å². The van der Waals surface area contributed by atoms with Crippen molar-refractivity contribution < 1.29 is 4.79 Å². The molecule has 3 heterocycles. The van der Waals surface area contributed by atoms with Crippen LogP contribution in [0.5, 0.6) is 0 Å². The minimum Gasteiger partial charge on any atom is -0.338 e. The van der Waals surface area contributed by atoms with Crippen LogP contribution in [0.15, 0.2) is 48.8 Å². The number of amides is 1. The fourth-order valence-electron chi connectivity index (χ4n) is 3.01. The van der Waals surface area contributed by atoms with E-state index in [9.17, 15) is 4.79 Å². The molecule has 2 aromatic heterocycles. The lowest BCUT2D eigenvalue weighted by Crippen LogP contribution is -2.35. The van der Waals surface area contributed by atoms with Gasteiger partial charge in [0.05, 0.1) is 18.1 Å². The molecule has 0 saturated heterocycles. The van der Waals surface area contributed by atoms with Crippen LogP contribution in [0.3, 0.4) is 0 Å². The van der Waals surface area contributed by atoms with E-state index in [-0.39, 0.29) is 12.3 Å². The normalized spacial score (nSPS) is 14.1. The first kappa shape index (κ1) is 16.0. The van der Waals surface area contributed by atoms with E-state index < -0.39 is 0 Å². The Hall–Kier alpha value is -3.53. The third-order valence-corrected chi connectivity index (χ3v) is 4.42. The van der Waals surface area contributed by atoms with Crippen molar-refractivity contribution in [3.8, 4) is 6.07 Å². The second-order valence-corrected chi connectivity index (χ2v) is 6.08. The largest absolute Gasteiger partial charge is 0.338 e. The monoisotopic (exact) mass is 344 g/mol. The van der Waals surface area contributed by atoms with Crippen molar-refractivity contribution in [2.45, 2.75) is 12.8 Å². The van der Waals surface area contributed by atoms with Crippen LogP contribution in [0.25, 0.3) is 11.4 Å². The summed E-state index contributed by atoms with van der Waals surface area (Å²) in [5.74, 6) is 0.989. The van der Waals surface area contributed by atoms with Crippen molar-refractivity contribution in [3.05, 3.63) is 65.8 Å². The highest BCUT2D eigenvalue weighted by atomic mass is 16.2. The molecule has 0 unspecified atom stereocenters. The van der Waals surface area contributed by atoms with Gasteiger partial charge >= 0.3 is 0 Å². The Morgan fingerprint density at radius 2 is 2.12 bits per heavy atom. The van der Waals surface area contributed by atoms with Crippen molar-refractivity contribution in [3.63, 3.8) is 0 Å². The van der Waals surface area contributed by atoms with Crippen molar-refractivity contribution >= 4 is 17.3 Å². The van der Waals surface area contributed by atoms with E-state index >= 15 is 0 Å². The Balaban J connectivity index is 1.42. The van der Waals surface area contributed by atoms with Crippen LogP contribution in [0.4, 0.5) is 0 Å². The van der Waals surface area contributed by atoms with E-state index in [2.05, 4.69) is 27.2 Å². The maximum Gasteiger partial charge on any atom is 0.252 e. The highest BCUT2D eigenvalue weighted by molar-refractivity contribution is 5.80. The van der Waals surface area contributed by atoms with Gasteiger partial charge < -0.3 is 4.90 Å². The van der Waals surface area contributed by atoms with Crippen LogP contribution in [-0.2, 0) is 11.2 Å². The number of nitriles is 1.